The van der Waals surface area contributed by atoms with E-state index in [0.29, 0.717) is 0 Å². The van der Waals surface area contributed by atoms with Gasteiger partial charge in [0.15, 0.2) is 0 Å². The minimum Gasteiger partial charge on any atom is -0.310 e. The van der Waals surface area contributed by atoms with Gasteiger partial charge in [-0.3, -0.25) is 4.98 Å². The molecule has 0 aliphatic carbocycles. The van der Waals surface area contributed by atoms with Crippen molar-refractivity contribution in [3.63, 3.8) is 0 Å². The summed E-state index contributed by atoms with van der Waals surface area (Å²) in [5.74, 6) is 0. The van der Waals surface area contributed by atoms with Gasteiger partial charge in [-0.05, 0) is 106 Å². The molecule has 13 aromatic rings. The lowest BCUT2D eigenvalue weighted by atomic mass is 9.34. The van der Waals surface area contributed by atoms with Crippen molar-refractivity contribution < 1.29 is 0 Å². The molecule has 4 heteroatoms. The molecular formula is C59H38BN3. The first-order valence-corrected chi connectivity index (χ1v) is 22.2. The Labute approximate surface area is 363 Å². The molecule has 0 bridgehead atoms. The van der Waals surface area contributed by atoms with Crippen molar-refractivity contribution in [2.45, 2.75) is 26.2 Å². The molecule has 10 aromatic carbocycles. The van der Waals surface area contributed by atoms with Crippen LogP contribution in [0, 0.1) is 0 Å². The lowest BCUT2D eigenvalue weighted by Gasteiger charge is -2.35. The summed E-state index contributed by atoms with van der Waals surface area (Å²) < 4.78 is 5.26. The van der Waals surface area contributed by atoms with Crippen molar-refractivity contribution >= 4 is 121 Å². The highest BCUT2D eigenvalue weighted by Crippen LogP contribution is 2.47. The van der Waals surface area contributed by atoms with Crippen LogP contribution < -0.4 is 16.4 Å². The smallest absolute Gasteiger partial charge is 0.252 e. The van der Waals surface area contributed by atoms with Gasteiger partial charge in [-0.1, -0.05) is 160 Å². The van der Waals surface area contributed by atoms with Crippen LogP contribution in [0.25, 0.3) is 120 Å². The van der Waals surface area contributed by atoms with E-state index in [0.717, 1.165) is 16.6 Å². The van der Waals surface area contributed by atoms with Gasteiger partial charge in [0.25, 0.3) is 6.71 Å². The average molecular weight is 800 g/mol. The third-order valence-corrected chi connectivity index (χ3v) is 14.8. The van der Waals surface area contributed by atoms with Gasteiger partial charge in [0.2, 0.25) is 0 Å². The van der Waals surface area contributed by atoms with Crippen molar-refractivity contribution in [1.29, 1.82) is 0 Å². The number of nitrogens with zero attached hydrogens (tertiary/aromatic N) is 3. The highest BCUT2D eigenvalue weighted by Gasteiger charge is 2.43. The van der Waals surface area contributed by atoms with E-state index in [9.17, 15) is 0 Å². The topological polar surface area (TPSA) is 22.8 Å². The fourth-order valence-corrected chi connectivity index (χ4v) is 12.0. The average Bonchev–Trinajstić information content (AvgIpc) is 3.86. The zero-order chi connectivity index (χ0) is 41.5. The Balaban J connectivity index is 1.19. The largest absolute Gasteiger partial charge is 0.310 e. The zero-order valence-electron chi connectivity index (χ0n) is 35.2. The SMILES string of the molecule is CC(C)(C)c1ccc2cnc(-c3ccc4c5c3-n3c6ccc7ccccc7c6c6c7ccccc7cc(c63)B5c3cc5ccccc5c5c6c7ccccc7ccc6n-4c35)cc2c1. The quantitative estimate of drug-likeness (QED) is 0.152. The van der Waals surface area contributed by atoms with Crippen molar-refractivity contribution in [2.24, 2.45) is 0 Å². The molecule has 0 unspecified atom stereocenters. The second-order valence-electron chi connectivity index (χ2n) is 19.1. The molecule has 0 spiro atoms. The fourth-order valence-electron chi connectivity index (χ4n) is 12.0. The Morgan fingerprint density at radius 1 is 0.444 bits per heavy atom. The fraction of sp³-hybridized carbons (Fsp3) is 0.0678. The van der Waals surface area contributed by atoms with E-state index in [4.69, 9.17) is 4.98 Å². The Bertz CT molecular complexity index is 4250. The third kappa shape index (κ3) is 4.24. The number of rotatable bonds is 1. The summed E-state index contributed by atoms with van der Waals surface area (Å²) in [6.07, 6.45) is 2.08. The maximum atomic E-state index is 5.34. The van der Waals surface area contributed by atoms with Crippen LogP contribution in [0.3, 0.4) is 0 Å². The van der Waals surface area contributed by atoms with Gasteiger partial charge < -0.3 is 9.13 Å². The van der Waals surface area contributed by atoms with Crippen LogP contribution in [0.2, 0.25) is 0 Å². The number of pyridine rings is 1. The highest BCUT2D eigenvalue weighted by molar-refractivity contribution is 7.01. The van der Waals surface area contributed by atoms with Gasteiger partial charge in [0.05, 0.1) is 33.4 Å². The predicted octanol–water partition coefficient (Wildman–Crippen LogP) is 13.1. The summed E-state index contributed by atoms with van der Waals surface area (Å²) in [4.78, 5) is 5.34. The summed E-state index contributed by atoms with van der Waals surface area (Å²) >= 11 is 0. The number of hydrogen-bond acceptors (Lipinski definition) is 1. The Hall–Kier alpha value is -7.69. The highest BCUT2D eigenvalue weighted by atomic mass is 15.0. The maximum absolute atomic E-state index is 5.34. The number of fused-ring (bicyclic) bond motifs is 19. The van der Waals surface area contributed by atoms with Crippen molar-refractivity contribution in [3.05, 3.63) is 182 Å². The number of benzene rings is 10. The molecule has 15 rings (SSSR count). The Morgan fingerprint density at radius 3 is 1.57 bits per heavy atom. The summed E-state index contributed by atoms with van der Waals surface area (Å²) in [5.41, 5.74) is 15.1. The van der Waals surface area contributed by atoms with E-state index in [2.05, 4.69) is 206 Å². The molecule has 0 saturated heterocycles. The molecule has 0 saturated carbocycles. The van der Waals surface area contributed by atoms with Gasteiger partial charge in [-0.15, -0.1) is 0 Å². The normalized spacial score (nSPS) is 13.3. The van der Waals surface area contributed by atoms with E-state index < -0.39 is 0 Å². The molecule has 2 aliphatic heterocycles. The zero-order valence-corrected chi connectivity index (χ0v) is 35.2. The van der Waals surface area contributed by atoms with Gasteiger partial charge in [-0.25, -0.2) is 0 Å². The van der Waals surface area contributed by atoms with E-state index in [1.807, 2.05) is 0 Å². The maximum Gasteiger partial charge on any atom is 0.252 e. The van der Waals surface area contributed by atoms with E-state index >= 15 is 0 Å². The minimum atomic E-state index is -0.0340. The van der Waals surface area contributed by atoms with E-state index in [1.165, 1.54) is 125 Å². The second kappa shape index (κ2) is 11.6. The molecule has 3 nitrogen and oxygen atoms in total. The van der Waals surface area contributed by atoms with Crippen molar-refractivity contribution in [2.75, 3.05) is 0 Å². The summed E-state index contributed by atoms with van der Waals surface area (Å²) in [5, 5.41) is 17.9. The molecule has 0 atom stereocenters. The lowest BCUT2D eigenvalue weighted by Crippen LogP contribution is -2.59. The summed E-state index contributed by atoms with van der Waals surface area (Å²) in [6.45, 7) is 6.85. The van der Waals surface area contributed by atoms with Crippen LogP contribution in [0.5, 0.6) is 0 Å². The lowest BCUT2D eigenvalue weighted by molar-refractivity contribution is 0.591. The van der Waals surface area contributed by atoms with Gasteiger partial charge >= 0.3 is 0 Å². The Kier molecular flexibility index (Phi) is 6.26. The summed E-state index contributed by atoms with van der Waals surface area (Å²) in [7, 11) is 0. The molecule has 292 valence electrons. The molecule has 0 N–H and O–H groups in total. The van der Waals surface area contributed by atoms with Crippen LogP contribution in [0.4, 0.5) is 0 Å². The van der Waals surface area contributed by atoms with Crippen molar-refractivity contribution in [3.8, 4) is 22.6 Å². The molecule has 2 aliphatic rings. The molecule has 0 amide bonds. The van der Waals surface area contributed by atoms with E-state index in [-0.39, 0.29) is 12.1 Å². The third-order valence-electron chi connectivity index (χ3n) is 14.8. The van der Waals surface area contributed by atoms with Crippen LogP contribution in [0.1, 0.15) is 26.3 Å². The molecule has 3 aromatic heterocycles. The van der Waals surface area contributed by atoms with Crippen LogP contribution in [-0.2, 0) is 5.41 Å². The molecular weight excluding hydrogens is 761 g/mol. The number of aromatic nitrogens is 3. The first-order valence-electron chi connectivity index (χ1n) is 22.2. The first-order chi connectivity index (χ1) is 30.9. The summed E-state index contributed by atoms with van der Waals surface area (Å²) in [6, 6.07) is 64.4. The van der Waals surface area contributed by atoms with Gasteiger partial charge in [0, 0.05) is 44.4 Å². The van der Waals surface area contributed by atoms with Crippen LogP contribution >= 0.6 is 0 Å². The molecule has 5 heterocycles. The predicted molar refractivity (Wildman–Crippen MR) is 269 cm³/mol. The van der Waals surface area contributed by atoms with Gasteiger partial charge in [-0.2, -0.15) is 0 Å². The number of hydrogen-bond donors (Lipinski definition) is 0. The monoisotopic (exact) mass is 799 g/mol. The molecule has 63 heavy (non-hydrogen) atoms. The molecule has 0 fully saturated rings. The van der Waals surface area contributed by atoms with Crippen molar-refractivity contribution in [1.82, 2.24) is 14.1 Å². The van der Waals surface area contributed by atoms with E-state index in [1.54, 1.807) is 0 Å². The molecule has 0 radical (unpaired) electrons. The standard InChI is InChI=1S/C59H38BN3/c1-59(2,3)39-23-20-37-32-61-47(31-38(37)28-39)44-24-27-50-55-56(44)63-49-26-22-34-13-5-9-17-41(34)52(49)54-43-19-11-7-15-36(43)30-46(58(54)63)60(55)45-29-35-14-6-10-18-42(35)53-51-40-16-8-4-12-33(40)21-25-48(51)62(50)57(45)53/h4-32H,1-3H3. The van der Waals surface area contributed by atoms with Gasteiger partial charge in [0.1, 0.15) is 0 Å². The van der Waals surface area contributed by atoms with Crippen LogP contribution in [-0.4, -0.2) is 20.8 Å². The minimum absolute atomic E-state index is 0.0291. The first kappa shape index (κ1) is 34.0. The second-order valence-corrected chi connectivity index (χ2v) is 19.1. The Morgan fingerprint density at radius 2 is 0.968 bits per heavy atom. The van der Waals surface area contributed by atoms with Crippen LogP contribution in [0.15, 0.2) is 176 Å².